The van der Waals surface area contributed by atoms with Gasteiger partial charge in [-0.25, -0.2) is 0 Å². The summed E-state index contributed by atoms with van der Waals surface area (Å²) in [5.74, 6) is 0. The van der Waals surface area contributed by atoms with Crippen molar-refractivity contribution in [3.05, 3.63) is 0 Å². The van der Waals surface area contributed by atoms with Crippen LogP contribution >= 0.6 is 0 Å². The van der Waals surface area contributed by atoms with Crippen LogP contribution in [-0.2, 0) is 0 Å². The molecule has 118 valence electrons. The standard InChI is InChI=1S/C17H35N3/c1-3-5-13-20(16-7-8-16)17(15-18)9-6-12-19(11-4-2)14-10-17/h16H,3-15,18H2,1-2H3. The summed E-state index contributed by atoms with van der Waals surface area (Å²) >= 11 is 0. The maximum Gasteiger partial charge on any atom is 0.0347 e. The number of nitrogens with zero attached hydrogens (tertiary/aromatic N) is 2. The van der Waals surface area contributed by atoms with Gasteiger partial charge in [0.1, 0.15) is 0 Å². The molecule has 1 saturated carbocycles. The molecule has 1 aliphatic heterocycles. The second kappa shape index (κ2) is 7.77. The first kappa shape index (κ1) is 16.3. The van der Waals surface area contributed by atoms with Gasteiger partial charge in [0.15, 0.2) is 0 Å². The van der Waals surface area contributed by atoms with E-state index in [9.17, 15) is 0 Å². The summed E-state index contributed by atoms with van der Waals surface area (Å²) in [5, 5.41) is 0. The van der Waals surface area contributed by atoms with Crippen LogP contribution in [0.4, 0.5) is 0 Å². The lowest BCUT2D eigenvalue weighted by Crippen LogP contribution is -2.55. The van der Waals surface area contributed by atoms with Crippen LogP contribution in [0.5, 0.6) is 0 Å². The van der Waals surface area contributed by atoms with E-state index in [0.29, 0.717) is 5.54 Å². The van der Waals surface area contributed by atoms with Gasteiger partial charge in [0.25, 0.3) is 0 Å². The summed E-state index contributed by atoms with van der Waals surface area (Å²) in [6, 6.07) is 0.850. The lowest BCUT2D eigenvalue weighted by Gasteiger charge is -2.44. The smallest absolute Gasteiger partial charge is 0.0347 e. The molecule has 1 unspecified atom stereocenters. The van der Waals surface area contributed by atoms with E-state index >= 15 is 0 Å². The number of nitrogens with two attached hydrogens (primary N) is 1. The first-order valence-electron chi connectivity index (χ1n) is 8.95. The number of hydrogen-bond donors (Lipinski definition) is 1. The molecule has 0 aromatic rings. The van der Waals surface area contributed by atoms with Crippen LogP contribution in [-0.4, -0.2) is 54.1 Å². The Morgan fingerprint density at radius 3 is 2.55 bits per heavy atom. The Morgan fingerprint density at radius 2 is 1.95 bits per heavy atom. The van der Waals surface area contributed by atoms with Crippen molar-refractivity contribution < 1.29 is 0 Å². The molecule has 20 heavy (non-hydrogen) atoms. The third kappa shape index (κ3) is 3.96. The van der Waals surface area contributed by atoms with Crippen LogP contribution in [0.15, 0.2) is 0 Å². The van der Waals surface area contributed by atoms with Crippen molar-refractivity contribution in [1.29, 1.82) is 0 Å². The Kier molecular flexibility index (Phi) is 6.31. The molecule has 2 aliphatic rings. The Hall–Kier alpha value is -0.120. The van der Waals surface area contributed by atoms with E-state index in [1.54, 1.807) is 0 Å². The second-order valence-corrected chi connectivity index (χ2v) is 6.90. The molecule has 1 atom stereocenters. The van der Waals surface area contributed by atoms with E-state index in [1.807, 2.05) is 0 Å². The molecule has 2 fully saturated rings. The van der Waals surface area contributed by atoms with Gasteiger partial charge in [0, 0.05) is 18.1 Å². The highest BCUT2D eigenvalue weighted by atomic mass is 15.3. The third-order valence-electron chi connectivity index (χ3n) is 5.28. The maximum absolute atomic E-state index is 6.31. The molecule has 1 aliphatic carbocycles. The van der Waals surface area contributed by atoms with Gasteiger partial charge in [-0.1, -0.05) is 20.3 Å². The van der Waals surface area contributed by atoms with E-state index in [0.717, 1.165) is 12.6 Å². The van der Waals surface area contributed by atoms with Crippen molar-refractivity contribution in [3.8, 4) is 0 Å². The molecule has 1 heterocycles. The number of likely N-dealkylation sites (tertiary alicyclic amines) is 1. The zero-order valence-corrected chi connectivity index (χ0v) is 13.7. The minimum atomic E-state index is 0.304. The van der Waals surface area contributed by atoms with Gasteiger partial charge in [-0.2, -0.15) is 0 Å². The summed E-state index contributed by atoms with van der Waals surface area (Å²) in [7, 11) is 0. The van der Waals surface area contributed by atoms with E-state index in [1.165, 1.54) is 77.5 Å². The minimum absolute atomic E-state index is 0.304. The van der Waals surface area contributed by atoms with Gasteiger partial charge in [0.05, 0.1) is 0 Å². The summed E-state index contributed by atoms with van der Waals surface area (Å²) < 4.78 is 0. The highest BCUT2D eigenvalue weighted by Crippen LogP contribution is 2.38. The highest BCUT2D eigenvalue weighted by Gasteiger charge is 2.43. The quantitative estimate of drug-likeness (QED) is 0.742. The fourth-order valence-corrected chi connectivity index (χ4v) is 3.90. The van der Waals surface area contributed by atoms with Gasteiger partial charge in [-0.15, -0.1) is 0 Å². The molecule has 0 aromatic heterocycles. The van der Waals surface area contributed by atoms with Crippen molar-refractivity contribution in [2.75, 3.05) is 32.7 Å². The SMILES string of the molecule is CCCCN(C1CC1)C1(CN)CCCN(CCC)CC1. The molecular weight excluding hydrogens is 246 g/mol. The molecule has 0 amide bonds. The molecule has 3 heteroatoms. The van der Waals surface area contributed by atoms with Crippen molar-refractivity contribution in [2.45, 2.75) is 76.8 Å². The summed E-state index contributed by atoms with van der Waals surface area (Å²) in [5.41, 5.74) is 6.61. The molecular formula is C17H35N3. The second-order valence-electron chi connectivity index (χ2n) is 6.90. The van der Waals surface area contributed by atoms with Gasteiger partial charge in [-0.3, -0.25) is 4.90 Å². The van der Waals surface area contributed by atoms with Crippen LogP contribution in [0.25, 0.3) is 0 Å². The minimum Gasteiger partial charge on any atom is -0.329 e. The molecule has 3 nitrogen and oxygen atoms in total. The lowest BCUT2D eigenvalue weighted by molar-refractivity contribution is 0.0677. The molecule has 0 bridgehead atoms. The zero-order chi connectivity index (χ0) is 14.4. The fraction of sp³-hybridized carbons (Fsp3) is 1.00. The van der Waals surface area contributed by atoms with Gasteiger partial charge in [-0.05, 0) is 71.1 Å². The number of rotatable bonds is 8. The predicted molar refractivity (Wildman–Crippen MR) is 87.0 cm³/mol. The Morgan fingerprint density at radius 1 is 1.15 bits per heavy atom. The van der Waals surface area contributed by atoms with Crippen molar-refractivity contribution in [2.24, 2.45) is 5.73 Å². The first-order chi connectivity index (χ1) is 9.75. The zero-order valence-electron chi connectivity index (χ0n) is 13.7. The average Bonchev–Trinajstić information content (AvgIpc) is 3.28. The van der Waals surface area contributed by atoms with Crippen LogP contribution in [0.3, 0.4) is 0 Å². The summed E-state index contributed by atoms with van der Waals surface area (Å²) in [6.07, 6.45) is 10.6. The van der Waals surface area contributed by atoms with Gasteiger partial charge < -0.3 is 10.6 Å². The molecule has 0 radical (unpaired) electrons. The highest BCUT2D eigenvalue weighted by molar-refractivity contribution is 5.00. The number of hydrogen-bond acceptors (Lipinski definition) is 3. The molecule has 1 saturated heterocycles. The first-order valence-corrected chi connectivity index (χ1v) is 8.95. The monoisotopic (exact) mass is 281 g/mol. The normalized spacial score (nSPS) is 28.8. The topological polar surface area (TPSA) is 32.5 Å². The summed E-state index contributed by atoms with van der Waals surface area (Å²) in [4.78, 5) is 5.48. The Bertz CT molecular complexity index is 277. The maximum atomic E-state index is 6.31. The van der Waals surface area contributed by atoms with Crippen LogP contribution in [0, 0.1) is 0 Å². The predicted octanol–water partition coefficient (Wildman–Crippen LogP) is 2.84. The molecule has 0 spiro atoms. The van der Waals surface area contributed by atoms with Crippen molar-refractivity contribution >= 4 is 0 Å². The number of unbranched alkanes of at least 4 members (excludes halogenated alkanes) is 1. The fourth-order valence-electron chi connectivity index (χ4n) is 3.90. The van der Waals surface area contributed by atoms with Crippen LogP contribution in [0.2, 0.25) is 0 Å². The molecule has 2 N–H and O–H groups in total. The molecule has 2 rings (SSSR count). The lowest BCUT2D eigenvalue weighted by atomic mass is 9.87. The van der Waals surface area contributed by atoms with Crippen molar-refractivity contribution in [1.82, 2.24) is 9.80 Å². The van der Waals surface area contributed by atoms with Gasteiger partial charge >= 0.3 is 0 Å². The Balaban J connectivity index is 2.02. The average molecular weight is 281 g/mol. The summed E-state index contributed by atoms with van der Waals surface area (Å²) in [6.45, 7) is 10.5. The van der Waals surface area contributed by atoms with E-state index in [4.69, 9.17) is 5.73 Å². The third-order valence-corrected chi connectivity index (χ3v) is 5.28. The largest absolute Gasteiger partial charge is 0.329 e. The Labute approximate surface area is 125 Å². The van der Waals surface area contributed by atoms with Crippen LogP contribution in [0.1, 0.15) is 65.2 Å². The van der Waals surface area contributed by atoms with Crippen LogP contribution < -0.4 is 5.73 Å². The molecule has 0 aromatic carbocycles. The van der Waals surface area contributed by atoms with E-state index < -0.39 is 0 Å². The van der Waals surface area contributed by atoms with Crippen molar-refractivity contribution in [3.63, 3.8) is 0 Å². The van der Waals surface area contributed by atoms with E-state index in [-0.39, 0.29) is 0 Å². The van der Waals surface area contributed by atoms with E-state index in [2.05, 4.69) is 23.6 Å². The van der Waals surface area contributed by atoms with Gasteiger partial charge in [0.2, 0.25) is 0 Å².